The molecule has 2 aromatic carbocycles. The number of nitrogens with one attached hydrogen (secondary N) is 1. The third kappa shape index (κ3) is 3.95. The van der Waals surface area contributed by atoms with Gasteiger partial charge in [0.15, 0.2) is 0 Å². The maximum atomic E-state index is 12.0. The predicted octanol–water partition coefficient (Wildman–Crippen LogP) is 2.62. The van der Waals surface area contributed by atoms with Gasteiger partial charge in [-0.2, -0.15) is 0 Å². The van der Waals surface area contributed by atoms with Gasteiger partial charge in [0, 0.05) is 25.3 Å². The molecule has 0 spiro atoms. The highest BCUT2D eigenvalue weighted by molar-refractivity contribution is 5.77. The van der Waals surface area contributed by atoms with Gasteiger partial charge in [0.25, 0.3) is 0 Å². The van der Waals surface area contributed by atoms with E-state index in [1.165, 1.54) is 16.8 Å². The molecule has 1 heterocycles. The first-order valence-corrected chi connectivity index (χ1v) is 8.54. The summed E-state index contributed by atoms with van der Waals surface area (Å²) in [5.74, 6) is -0.164. The molecule has 1 aliphatic heterocycles. The molecule has 1 atom stereocenters. The van der Waals surface area contributed by atoms with Crippen LogP contribution in [0.4, 0.5) is 5.69 Å². The topological polar surface area (TPSA) is 41.6 Å². The number of nitrogens with zero attached hydrogens (tertiary/aromatic N) is 1. The Hall–Kier alpha value is -2.33. The Labute approximate surface area is 143 Å². The number of hydrogen-bond donors (Lipinski definition) is 1. The van der Waals surface area contributed by atoms with E-state index < -0.39 is 0 Å². The van der Waals surface area contributed by atoms with Crippen molar-refractivity contribution < 1.29 is 9.53 Å². The lowest BCUT2D eigenvalue weighted by Crippen LogP contribution is -2.55. The van der Waals surface area contributed by atoms with E-state index in [9.17, 15) is 4.79 Å². The molecule has 4 nitrogen and oxygen atoms in total. The van der Waals surface area contributed by atoms with Gasteiger partial charge in [-0.25, -0.2) is 0 Å². The van der Waals surface area contributed by atoms with Gasteiger partial charge in [-0.15, -0.1) is 0 Å². The molecule has 0 aromatic heterocycles. The van der Waals surface area contributed by atoms with E-state index >= 15 is 0 Å². The second kappa shape index (κ2) is 7.97. The van der Waals surface area contributed by atoms with Gasteiger partial charge < -0.3 is 15.0 Å². The molecule has 24 heavy (non-hydrogen) atoms. The summed E-state index contributed by atoms with van der Waals surface area (Å²) in [5, 5.41) is 3.26. The van der Waals surface area contributed by atoms with E-state index in [2.05, 4.69) is 58.7 Å². The lowest BCUT2D eigenvalue weighted by Gasteiger charge is -2.35. The van der Waals surface area contributed by atoms with Gasteiger partial charge in [0.2, 0.25) is 0 Å². The van der Waals surface area contributed by atoms with Gasteiger partial charge >= 0.3 is 5.97 Å². The second-order valence-corrected chi connectivity index (χ2v) is 6.00. The van der Waals surface area contributed by atoms with Gasteiger partial charge in [0.1, 0.15) is 6.04 Å². The molecule has 4 heteroatoms. The first-order chi connectivity index (χ1) is 11.8. The molecule has 0 aliphatic carbocycles. The van der Waals surface area contributed by atoms with Crippen LogP contribution in [-0.2, 0) is 16.0 Å². The molecule has 3 rings (SSSR count). The molecule has 0 radical (unpaired) electrons. The van der Waals surface area contributed by atoms with Crippen LogP contribution in [-0.4, -0.2) is 38.3 Å². The SMILES string of the molecule is CCOC(=O)C1CN(c2ccccc2Cc2ccccc2)CCN1. The Morgan fingerprint density at radius 2 is 1.92 bits per heavy atom. The second-order valence-electron chi connectivity index (χ2n) is 6.00. The molecular weight excluding hydrogens is 300 g/mol. The quantitative estimate of drug-likeness (QED) is 0.859. The summed E-state index contributed by atoms with van der Waals surface area (Å²) in [6, 6.07) is 18.7. The maximum Gasteiger partial charge on any atom is 0.324 e. The Bertz CT molecular complexity index is 672. The number of rotatable bonds is 5. The van der Waals surface area contributed by atoms with Crippen LogP contribution in [0.1, 0.15) is 18.1 Å². The Balaban J connectivity index is 1.77. The van der Waals surface area contributed by atoms with Crippen molar-refractivity contribution in [2.75, 3.05) is 31.1 Å². The molecule has 1 fully saturated rings. The number of para-hydroxylation sites is 1. The monoisotopic (exact) mass is 324 g/mol. The van der Waals surface area contributed by atoms with Crippen LogP contribution in [0.25, 0.3) is 0 Å². The minimum Gasteiger partial charge on any atom is -0.465 e. The highest BCUT2D eigenvalue weighted by Gasteiger charge is 2.27. The molecule has 1 unspecified atom stereocenters. The van der Waals surface area contributed by atoms with Crippen molar-refractivity contribution >= 4 is 11.7 Å². The number of ether oxygens (including phenoxy) is 1. The van der Waals surface area contributed by atoms with Crippen LogP contribution in [0.2, 0.25) is 0 Å². The zero-order valence-corrected chi connectivity index (χ0v) is 14.1. The third-order valence-corrected chi connectivity index (χ3v) is 4.32. The lowest BCUT2D eigenvalue weighted by atomic mass is 10.0. The zero-order valence-electron chi connectivity index (χ0n) is 14.1. The van der Waals surface area contributed by atoms with E-state index in [1.807, 2.05) is 13.0 Å². The van der Waals surface area contributed by atoms with Crippen molar-refractivity contribution in [3.05, 3.63) is 65.7 Å². The first kappa shape index (κ1) is 16.5. The maximum absolute atomic E-state index is 12.0. The molecule has 1 saturated heterocycles. The number of hydrogen-bond acceptors (Lipinski definition) is 4. The fourth-order valence-electron chi connectivity index (χ4n) is 3.15. The summed E-state index contributed by atoms with van der Waals surface area (Å²) in [7, 11) is 0. The Morgan fingerprint density at radius 3 is 2.71 bits per heavy atom. The van der Waals surface area contributed by atoms with Gasteiger partial charge in [0.05, 0.1) is 6.61 Å². The normalized spacial score (nSPS) is 17.5. The van der Waals surface area contributed by atoms with Crippen LogP contribution in [0, 0.1) is 0 Å². The number of carbonyl (C=O) groups excluding carboxylic acids is 1. The summed E-state index contributed by atoms with van der Waals surface area (Å²) >= 11 is 0. The van der Waals surface area contributed by atoms with Crippen LogP contribution in [0.15, 0.2) is 54.6 Å². The van der Waals surface area contributed by atoms with Crippen molar-refractivity contribution in [2.45, 2.75) is 19.4 Å². The smallest absolute Gasteiger partial charge is 0.324 e. The molecule has 0 bridgehead atoms. The Morgan fingerprint density at radius 1 is 1.17 bits per heavy atom. The van der Waals surface area contributed by atoms with Crippen LogP contribution in [0.3, 0.4) is 0 Å². The van der Waals surface area contributed by atoms with Gasteiger partial charge in [-0.05, 0) is 30.5 Å². The highest BCUT2D eigenvalue weighted by atomic mass is 16.5. The van der Waals surface area contributed by atoms with E-state index in [-0.39, 0.29) is 12.0 Å². The van der Waals surface area contributed by atoms with Gasteiger partial charge in [-0.1, -0.05) is 48.5 Å². The van der Waals surface area contributed by atoms with Gasteiger partial charge in [-0.3, -0.25) is 4.79 Å². The van der Waals surface area contributed by atoms with E-state index in [4.69, 9.17) is 4.74 Å². The highest BCUT2D eigenvalue weighted by Crippen LogP contribution is 2.24. The number of carbonyl (C=O) groups is 1. The average molecular weight is 324 g/mol. The minimum atomic E-state index is -0.261. The molecule has 2 aromatic rings. The summed E-state index contributed by atoms with van der Waals surface area (Å²) < 4.78 is 5.16. The fourth-order valence-corrected chi connectivity index (χ4v) is 3.15. The number of benzene rings is 2. The lowest BCUT2D eigenvalue weighted by molar-refractivity contribution is -0.145. The minimum absolute atomic E-state index is 0.164. The van der Waals surface area contributed by atoms with E-state index in [0.29, 0.717) is 13.2 Å². The third-order valence-electron chi connectivity index (χ3n) is 4.32. The number of piperazine rings is 1. The molecule has 0 amide bonds. The summed E-state index contributed by atoms with van der Waals surface area (Å²) in [4.78, 5) is 14.3. The largest absolute Gasteiger partial charge is 0.465 e. The van der Waals surface area contributed by atoms with Crippen molar-refractivity contribution in [3.63, 3.8) is 0 Å². The molecule has 1 aliphatic rings. The summed E-state index contributed by atoms with van der Waals surface area (Å²) in [6.45, 7) is 4.57. The van der Waals surface area contributed by atoms with Crippen molar-refractivity contribution in [1.82, 2.24) is 5.32 Å². The van der Waals surface area contributed by atoms with Crippen LogP contribution in [0.5, 0.6) is 0 Å². The fraction of sp³-hybridized carbons (Fsp3) is 0.350. The molecule has 1 N–H and O–H groups in total. The van der Waals surface area contributed by atoms with Crippen molar-refractivity contribution in [2.24, 2.45) is 0 Å². The average Bonchev–Trinajstić information content (AvgIpc) is 2.63. The van der Waals surface area contributed by atoms with Crippen LogP contribution >= 0.6 is 0 Å². The molecule has 0 saturated carbocycles. The van der Waals surface area contributed by atoms with Crippen molar-refractivity contribution in [1.29, 1.82) is 0 Å². The standard InChI is InChI=1S/C20H24N2O2/c1-2-24-20(23)18-15-22(13-12-21-18)19-11-7-6-10-17(19)14-16-8-4-3-5-9-16/h3-11,18,21H,2,12-15H2,1H3. The summed E-state index contributed by atoms with van der Waals surface area (Å²) in [6.07, 6.45) is 0.894. The number of esters is 1. The number of anilines is 1. The van der Waals surface area contributed by atoms with E-state index in [1.54, 1.807) is 0 Å². The van der Waals surface area contributed by atoms with Crippen molar-refractivity contribution in [3.8, 4) is 0 Å². The Kier molecular flexibility index (Phi) is 5.49. The molecular formula is C20H24N2O2. The van der Waals surface area contributed by atoms with E-state index in [0.717, 1.165) is 19.5 Å². The molecule has 126 valence electrons. The zero-order chi connectivity index (χ0) is 16.8. The predicted molar refractivity (Wildman–Crippen MR) is 96.3 cm³/mol. The summed E-state index contributed by atoms with van der Waals surface area (Å²) in [5.41, 5.74) is 3.78. The first-order valence-electron chi connectivity index (χ1n) is 8.54. The van der Waals surface area contributed by atoms with Crippen LogP contribution < -0.4 is 10.2 Å².